The number of halogens is 6. The number of aliphatic hydroxyl groups is 1. The largest absolute Gasteiger partial charge is 0.461 e. The second-order valence-corrected chi connectivity index (χ2v) is 7.97. The van der Waals surface area contributed by atoms with E-state index in [2.05, 4.69) is 13.8 Å². The van der Waals surface area contributed by atoms with Gasteiger partial charge in [0.15, 0.2) is 0 Å². The minimum atomic E-state index is -5.84. The van der Waals surface area contributed by atoms with Gasteiger partial charge in [0.1, 0.15) is 6.61 Å². The molecular formula is C21H26F6O3. The lowest BCUT2D eigenvalue weighted by atomic mass is 9.72. The first-order valence-corrected chi connectivity index (χ1v) is 9.92. The standard InChI is InChI=1S/C21H26F6O3/c1-3-13(2)15-6-4-14(5-7-15)12-30-18(28)16-8-10-17(11-9-16)19(29,20(22,23)24)21(25,26)27/h4-7,13,16-17,29H,3,8-12H2,1-2H3. The Balaban J connectivity index is 1.92. The first-order valence-electron chi connectivity index (χ1n) is 9.92. The maximum absolute atomic E-state index is 13.0. The molecule has 1 aliphatic carbocycles. The Labute approximate surface area is 171 Å². The van der Waals surface area contributed by atoms with Crippen molar-refractivity contribution in [3.8, 4) is 0 Å². The Bertz CT molecular complexity index is 689. The van der Waals surface area contributed by atoms with E-state index in [0.29, 0.717) is 5.92 Å². The Morgan fingerprint density at radius 1 is 1.03 bits per heavy atom. The van der Waals surface area contributed by atoms with Crippen molar-refractivity contribution in [1.29, 1.82) is 0 Å². The maximum Gasteiger partial charge on any atom is 0.426 e. The molecule has 0 radical (unpaired) electrons. The van der Waals surface area contributed by atoms with Gasteiger partial charge < -0.3 is 9.84 Å². The molecule has 9 heteroatoms. The number of carbonyl (C=O) groups excluding carboxylic acids is 1. The van der Waals surface area contributed by atoms with Crippen LogP contribution in [0, 0.1) is 11.8 Å². The predicted octanol–water partition coefficient (Wildman–Crippen LogP) is 5.91. The summed E-state index contributed by atoms with van der Waals surface area (Å²) >= 11 is 0. The number of rotatable bonds is 6. The number of esters is 1. The number of hydrogen-bond donors (Lipinski definition) is 1. The molecule has 1 aliphatic rings. The second kappa shape index (κ2) is 9.16. The van der Waals surface area contributed by atoms with Crippen molar-refractivity contribution in [3.63, 3.8) is 0 Å². The lowest BCUT2D eigenvalue weighted by Gasteiger charge is -2.41. The van der Waals surface area contributed by atoms with Gasteiger partial charge in [-0.05, 0) is 49.1 Å². The Morgan fingerprint density at radius 2 is 1.53 bits per heavy atom. The van der Waals surface area contributed by atoms with E-state index in [1.165, 1.54) is 0 Å². The van der Waals surface area contributed by atoms with Gasteiger partial charge >= 0.3 is 18.3 Å². The van der Waals surface area contributed by atoms with Crippen LogP contribution in [0.2, 0.25) is 0 Å². The summed E-state index contributed by atoms with van der Waals surface area (Å²) in [6, 6.07) is 7.49. The lowest BCUT2D eigenvalue weighted by Crippen LogP contribution is -2.62. The molecule has 0 aromatic heterocycles. The number of benzene rings is 1. The molecule has 170 valence electrons. The molecule has 0 amide bonds. The van der Waals surface area contributed by atoms with Gasteiger partial charge in [0.2, 0.25) is 0 Å². The topological polar surface area (TPSA) is 46.5 Å². The fourth-order valence-electron chi connectivity index (χ4n) is 3.82. The molecule has 1 aromatic carbocycles. The van der Waals surface area contributed by atoms with E-state index in [9.17, 15) is 36.2 Å². The molecular weight excluding hydrogens is 414 g/mol. The van der Waals surface area contributed by atoms with Gasteiger partial charge in [0.05, 0.1) is 5.92 Å². The quantitative estimate of drug-likeness (QED) is 0.442. The summed E-state index contributed by atoms with van der Waals surface area (Å²) in [4.78, 5) is 12.2. The minimum Gasteiger partial charge on any atom is -0.461 e. The van der Waals surface area contributed by atoms with Gasteiger partial charge in [0.25, 0.3) is 5.60 Å². The third-order valence-electron chi connectivity index (χ3n) is 6.06. The molecule has 3 nitrogen and oxygen atoms in total. The Kier molecular flexibility index (Phi) is 7.48. The second-order valence-electron chi connectivity index (χ2n) is 7.97. The fourth-order valence-corrected chi connectivity index (χ4v) is 3.82. The zero-order valence-electron chi connectivity index (χ0n) is 16.8. The van der Waals surface area contributed by atoms with E-state index in [0.717, 1.165) is 17.5 Å². The summed E-state index contributed by atoms with van der Waals surface area (Å²) < 4.78 is 83.1. The molecule has 0 bridgehead atoms. The van der Waals surface area contributed by atoms with Crippen molar-refractivity contribution in [2.24, 2.45) is 11.8 Å². The van der Waals surface area contributed by atoms with Crippen LogP contribution in [0.1, 0.15) is 63.0 Å². The molecule has 1 fully saturated rings. The highest BCUT2D eigenvalue weighted by Gasteiger charge is 2.73. The van der Waals surface area contributed by atoms with E-state index in [1.54, 1.807) is 0 Å². The van der Waals surface area contributed by atoms with E-state index >= 15 is 0 Å². The first kappa shape index (κ1) is 24.5. The van der Waals surface area contributed by atoms with Gasteiger partial charge in [-0.2, -0.15) is 26.3 Å². The summed E-state index contributed by atoms with van der Waals surface area (Å²) in [6.07, 6.45) is -12.3. The molecule has 0 aliphatic heterocycles. The number of ether oxygens (including phenoxy) is 1. The van der Waals surface area contributed by atoms with Crippen LogP contribution >= 0.6 is 0 Å². The third-order valence-corrected chi connectivity index (χ3v) is 6.06. The molecule has 1 aromatic rings. The zero-order valence-corrected chi connectivity index (χ0v) is 16.8. The molecule has 2 rings (SSSR count). The van der Waals surface area contributed by atoms with Crippen LogP contribution in [0.3, 0.4) is 0 Å². The smallest absolute Gasteiger partial charge is 0.426 e. The molecule has 1 atom stereocenters. The van der Waals surface area contributed by atoms with Crippen molar-refractivity contribution < 1.29 is 41.0 Å². The zero-order chi connectivity index (χ0) is 22.7. The average Bonchev–Trinajstić information content (AvgIpc) is 2.69. The average molecular weight is 440 g/mol. The van der Waals surface area contributed by atoms with Gasteiger partial charge in [-0.15, -0.1) is 0 Å². The van der Waals surface area contributed by atoms with Crippen molar-refractivity contribution in [2.45, 2.75) is 76.4 Å². The highest BCUT2D eigenvalue weighted by atomic mass is 19.4. The van der Waals surface area contributed by atoms with E-state index < -0.39 is 48.6 Å². The van der Waals surface area contributed by atoms with Gasteiger partial charge in [0, 0.05) is 5.92 Å². The number of hydrogen-bond acceptors (Lipinski definition) is 3. The van der Waals surface area contributed by atoms with E-state index in [4.69, 9.17) is 4.74 Å². The first-order chi connectivity index (χ1) is 13.8. The Morgan fingerprint density at radius 3 is 1.97 bits per heavy atom. The molecule has 1 saturated carbocycles. The normalized spacial score (nSPS) is 21.9. The fraction of sp³-hybridized carbons (Fsp3) is 0.667. The van der Waals surface area contributed by atoms with Crippen LogP contribution < -0.4 is 0 Å². The summed E-state index contributed by atoms with van der Waals surface area (Å²) in [5.41, 5.74) is -2.88. The molecule has 0 heterocycles. The van der Waals surface area contributed by atoms with Crippen molar-refractivity contribution in [1.82, 2.24) is 0 Å². The van der Waals surface area contributed by atoms with Crippen molar-refractivity contribution in [3.05, 3.63) is 35.4 Å². The molecule has 1 unspecified atom stereocenters. The highest BCUT2D eigenvalue weighted by molar-refractivity contribution is 5.72. The summed E-state index contributed by atoms with van der Waals surface area (Å²) in [7, 11) is 0. The van der Waals surface area contributed by atoms with Crippen LogP contribution in [0.4, 0.5) is 26.3 Å². The summed E-state index contributed by atoms with van der Waals surface area (Å²) in [6.45, 7) is 4.14. The van der Waals surface area contributed by atoms with Gasteiger partial charge in [-0.3, -0.25) is 4.79 Å². The van der Waals surface area contributed by atoms with Crippen LogP contribution in [-0.2, 0) is 16.1 Å². The Hall–Kier alpha value is -1.77. The monoisotopic (exact) mass is 440 g/mol. The number of carbonyl (C=O) groups is 1. The SMILES string of the molecule is CCC(C)c1ccc(COC(=O)C2CCC(C(O)(C(F)(F)F)C(F)(F)F)CC2)cc1. The van der Waals surface area contributed by atoms with Crippen LogP contribution in [-0.4, -0.2) is 29.0 Å². The summed E-state index contributed by atoms with van der Waals surface area (Å²) in [5, 5.41) is 9.50. The lowest BCUT2D eigenvalue weighted by molar-refractivity contribution is -0.387. The van der Waals surface area contributed by atoms with E-state index in [1.807, 2.05) is 24.3 Å². The van der Waals surface area contributed by atoms with Crippen molar-refractivity contribution >= 4 is 5.97 Å². The third kappa shape index (κ3) is 5.10. The van der Waals surface area contributed by atoms with Gasteiger partial charge in [-0.1, -0.05) is 38.1 Å². The van der Waals surface area contributed by atoms with Gasteiger partial charge in [-0.25, -0.2) is 0 Å². The van der Waals surface area contributed by atoms with E-state index in [-0.39, 0.29) is 19.4 Å². The highest BCUT2D eigenvalue weighted by Crippen LogP contribution is 2.52. The van der Waals surface area contributed by atoms with Crippen LogP contribution in [0.25, 0.3) is 0 Å². The predicted molar refractivity (Wildman–Crippen MR) is 97.5 cm³/mol. The molecule has 30 heavy (non-hydrogen) atoms. The van der Waals surface area contributed by atoms with Crippen LogP contribution in [0.5, 0.6) is 0 Å². The molecule has 0 saturated heterocycles. The maximum atomic E-state index is 13.0. The minimum absolute atomic E-state index is 0.0193. The molecule has 1 N–H and O–H groups in total. The molecule has 0 spiro atoms. The number of alkyl halides is 6. The summed E-state index contributed by atoms with van der Waals surface area (Å²) in [5.74, 6) is -3.09. The van der Waals surface area contributed by atoms with Crippen molar-refractivity contribution in [2.75, 3.05) is 0 Å². The van der Waals surface area contributed by atoms with Crippen LogP contribution in [0.15, 0.2) is 24.3 Å².